The molecule has 5 heteroatoms. The lowest BCUT2D eigenvalue weighted by molar-refractivity contribution is 0.0697. The highest BCUT2D eigenvalue weighted by Crippen LogP contribution is 2.33. The first-order valence-electron chi connectivity index (χ1n) is 5.66. The van der Waals surface area contributed by atoms with Gasteiger partial charge in [-0.05, 0) is 31.5 Å². The quantitative estimate of drug-likeness (QED) is 0.456. The van der Waals surface area contributed by atoms with Gasteiger partial charge in [-0.1, -0.05) is 0 Å². The fourth-order valence-corrected chi connectivity index (χ4v) is 2.25. The van der Waals surface area contributed by atoms with Crippen molar-refractivity contribution in [3.63, 3.8) is 0 Å². The van der Waals surface area contributed by atoms with Crippen LogP contribution in [0.3, 0.4) is 0 Å². The molecule has 1 heterocycles. The molecule has 2 rings (SSSR count). The Kier molecular flexibility index (Phi) is 3.19. The number of phenols is 1. The van der Waals surface area contributed by atoms with Crippen LogP contribution in [0.5, 0.6) is 5.75 Å². The lowest BCUT2D eigenvalue weighted by Gasteiger charge is -2.24. The largest absolute Gasteiger partial charge is 0.508 e. The summed E-state index contributed by atoms with van der Waals surface area (Å²) in [4.78, 5) is 10.9. The van der Waals surface area contributed by atoms with Crippen molar-refractivity contribution < 1.29 is 15.0 Å². The Balaban J connectivity index is 2.35. The molecule has 1 saturated heterocycles. The van der Waals surface area contributed by atoms with Crippen molar-refractivity contribution in [2.75, 3.05) is 18.8 Å². The van der Waals surface area contributed by atoms with E-state index in [0.717, 1.165) is 31.5 Å². The number of benzene rings is 1. The highest BCUT2D eigenvalue weighted by Gasteiger charge is 2.21. The maximum absolute atomic E-state index is 10.9. The molecule has 1 fully saturated rings. The number of piperidine rings is 1. The molecule has 0 aromatic heterocycles. The molecular weight excluding hydrogens is 220 g/mol. The third-order valence-electron chi connectivity index (χ3n) is 3.17. The van der Waals surface area contributed by atoms with Crippen molar-refractivity contribution >= 4 is 11.7 Å². The Labute approximate surface area is 99.3 Å². The Morgan fingerprint density at radius 1 is 1.47 bits per heavy atom. The third kappa shape index (κ3) is 2.34. The zero-order chi connectivity index (χ0) is 12.4. The summed E-state index contributed by atoms with van der Waals surface area (Å²) in [6.07, 6.45) is 2.02. The molecule has 1 aromatic rings. The Bertz CT molecular complexity index is 440. The normalized spacial score (nSPS) is 20.1. The Morgan fingerprint density at radius 2 is 2.24 bits per heavy atom. The van der Waals surface area contributed by atoms with Gasteiger partial charge in [0.05, 0.1) is 5.56 Å². The predicted molar refractivity (Wildman–Crippen MR) is 64.3 cm³/mol. The molecule has 0 radical (unpaired) electrons. The fraction of sp³-hybridized carbons (Fsp3) is 0.417. The van der Waals surface area contributed by atoms with Gasteiger partial charge in [0.15, 0.2) is 0 Å². The molecule has 0 spiro atoms. The van der Waals surface area contributed by atoms with Crippen molar-refractivity contribution in [1.82, 2.24) is 5.32 Å². The molecule has 0 saturated carbocycles. The number of nitrogens with two attached hydrogens (primary N) is 1. The van der Waals surface area contributed by atoms with E-state index in [1.54, 1.807) is 6.07 Å². The molecule has 1 atom stereocenters. The van der Waals surface area contributed by atoms with Gasteiger partial charge in [0.1, 0.15) is 5.75 Å². The van der Waals surface area contributed by atoms with E-state index in [4.69, 9.17) is 10.8 Å². The molecule has 0 aliphatic carbocycles. The molecule has 0 amide bonds. The summed E-state index contributed by atoms with van der Waals surface area (Å²) in [6.45, 7) is 1.78. The van der Waals surface area contributed by atoms with Gasteiger partial charge in [-0.25, -0.2) is 4.79 Å². The lowest BCUT2D eigenvalue weighted by atomic mass is 9.90. The van der Waals surface area contributed by atoms with E-state index < -0.39 is 5.97 Å². The fourth-order valence-electron chi connectivity index (χ4n) is 2.25. The number of hydrogen-bond donors (Lipinski definition) is 4. The Hall–Kier alpha value is -1.75. The molecule has 17 heavy (non-hydrogen) atoms. The minimum absolute atomic E-state index is 0.0188. The molecular formula is C12H16N2O3. The van der Waals surface area contributed by atoms with Crippen molar-refractivity contribution in [1.29, 1.82) is 0 Å². The van der Waals surface area contributed by atoms with Crippen LogP contribution in [0.15, 0.2) is 12.1 Å². The van der Waals surface area contributed by atoms with Gasteiger partial charge in [0.25, 0.3) is 0 Å². The zero-order valence-electron chi connectivity index (χ0n) is 9.44. The number of carboxylic acid groups (broad SMARTS) is 1. The van der Waals surface area contributed by atoms with Crippen molar-refractivity contribution in [3.8, 4) is 5.75 Å². The van der Waals surface area contributed by atoms with Crippen LogP contribution in [0.25, 0.3) is 0 Å². The van der Waals surface area contributed by atoms with Crippen LogP contribution >= 0.6 is 0 Å². The number of phenolic OH excluding ortho intramolecular Hbond substituents is 1. The highest BCUT2D eigenvalue weighted by molar-refractivity contribution is 5.94. The number of carbonyl (C=O) groups is 1. The van der Waals surface area contributed by atoms with Gasteiger partial charge >= 0.3 is 5.97 Å². The van der Waals surface area contributed by atoms with Crippen LogP contribution in [-0.4, -0.2) is 29.3 Å². The van der Waals surface area contributed by atoms with Crippen LogP contribution in [0.1, 0.15) is 34.7 Å². The first kappa shape index (κ1) is 11.7. The van der Waals surface area contributed by atoms with E-state index in [1.807, 2.05) is 0 Å². The molecule has 1 aliphatic heterocycles. The molecule has 1 unspecified atom stereocenters. The van der Waals surface area contributed by atoms with E-state index in [9.17, 15) is 9.90 Å². The highest BCUT2D eigenvalue weighted by atomic mass is 16.4. The van der Waals surface area contributed by atoms with Crippen LogP contribution in [0.2, 0.25) is 0 Å². The van der Waals surface area contributed by atoms with Gasteiger partial charge in [-0.15, -0.1) is 0 Å². The van der Waals surface area contributed by atoms with Gasteiger partial charge in [0, 0.05) is 23.7 Å². The van der Waals surface area contributed by atoms with E-state index in [1.165, 1.54) is 6.07 Å². The lowest BCUT2D eigenvalue weighted by Crippen LogP contribution is -2.28. The summed E-state index contributed by atoms with van der Waals surface area (Å²) in [5.41, 5.74) is 6.58. The van der Waals surface area contributed by atoms with Gasteiger partial charge < -0.3 is 21.3 Å². The smallest absolute Gasteiger partial charge is 0.337 e. The van der Waals surface area contributed by atoms with E-state index in [-0.39, 0.29) is 22.9 Å². The summed E-state index contributed by atoms with van der Waals surface area (Å²) in [6, 6.07) is 2.82. The van der Waals surface area contributed by atoms with Gasteiger partial charge in [-0.2, -0.15) is 0 Å². The monoisotopic (exact) mass is 236 g/mol. The minimum atomic E-state index is -1.12. The minimum Gasteiger partial charge on any atom is -0.508 e. The number of hydrogen-bond acceptors (Lipinski definition) is 4. The average Bonchev–Trinajstić information content (AvgIpc) is 2.32. The number of aromatic hydroxyl groups is 1. The summed E-state index contributed by atoms with van der Waals surface area (Å²) < 4.78 is 0. The average molecular weight is 236 g/mol. The molecule has 92 valence electrons. The molecule has 0 bridgehead atoms. The van der Waals surface area contributed by atoms with Crippen LogP contribution in [-0.2, 0) is 0 Å². The first-order valence-corrected chi connectivity index (χ1v) is 5.66. The number of anilines is 1. The number of nitrogens with one attached hydrogen (secondary N) is 1. The molecule has 5 nitrogen and oxygen atoms in total. The van der Waals surface area contributed by atoms with Crippen molar-refractivity contribution in [2.24, 2.45) is 0 Å². The van der Waals surface area contributed by atoms with Crippen LogP contribution in [0.4, 0.5) is 5.69 Å². The zero-order valence-corrected chi connectivity index (χ0v) is 9.44. The number of rotatable bonds is 2. The second kappa shape index (κ2) is 4.63. The van der Waals surface area contributed by atoms with Crippen molar-refractivity contribution in [2.45, 2.75) is 18.8 Å². The predicted octanol–water partition coefficient (Wildman–Crippen LogP) is 1.14. The second-order valence-corrected chi connectivity index (χ2v) is 4.35. The summed E-state index contributed by atoms with van der Waals surface area (Å²) in [5.74, 6) is -0.898. The van der Waals surface area contributed by atoms with Gasteiger partial charge in [-0.3, -0.25) is 0 Å². The number of aromatic carboxylic acids is 1. The molecule has 1 aromatic carbocycles. The Morgan fingerprint density at radius 3 is 2.82 bits per heavy atom. The summed E-state index contributed by atoms with van der Waals surface area (Å²) in [7, 11) is 0. The van der Waals surface area contributed by atoms with E-state index in [0.29, 0.717) is 0 Å². The second-order valence-electron chi connectivity index (χ2n) is 4.35. The molecule has 1 aliphatic rings. The van der Waals surface area contributed by atoms with E-state index in [2.05, 4.69) is 5.32 Å². The standard InChI is InChI=1S/C12H16N2O3/c13-10-4-8(7-2-1-3-14-6-7)11(15)5-9(10)12(16)17/h4-5,7,14-15H,1-3,6,13H2,(H,16,17). The first-order chi connectivity index (χ1) is 8.09. The number of carboxylic acids is 1. The van der Waals surface area contributed by atoms with Gasteiger partial charge in [0.2, 0.25) is 0 Å². The maximum Gasteiger partial charge on any atom is 0.337 e. The van der Waals surface area contributed by atoms with Crippen LogP contribution < -0.4 is 11.1 Å². The van der Waals surface area contributed by atoms with E-state index >= 15 is 0 Å². The maximum atomic E-state index is 10.9. The van der Waals surface area contributed by atoms with Crippen molar-refractivity contribution in [3.05, 3.63) is 23.3 Å². The number of nitrogen functional groups attached to an aromatic ring is 1. The molecule has 5 N–H and O–H groups in total. The topological polar surface area (TPSA) is 95.6 Å². The third-order valence-corrected chi connectivity index (χ3v) is 3.17. The summed E-state index contributed by atoms with van der Waals surface area (Å²) >= 11 is 0. The SMILES string of the molecule is Nc1cc(C2CCCNC2)c(O)cc1C(=O)O. The van der Waals surface area contributed by atoms with Crippen LogP contribution in [0, 0.1) is 0 Å². The summed E-state index contributed by atoms with van der Waals surface area (Å²) in [5, 5.41) is 22.0.